The largest absolute Gasteiger partial charge is 0.490 e. The summed E-state index contributed by atoms with van der Waals surface area (Å²) >= 11 is 0. The van der Waals surface area contributed by atoms with Crippen LogP contribution in [0.25, 0.3) is 0 Å². The van der Waals surface area contributed by atoms with Crippen LogP contribution < -0.4 is 10.1 Å². The first-order chi connectivity index (χ1) is 10.1. The number of para-hydroxylation sites is 1. The van der Waals surface area contributed by atoms with Gasteiger partial charge in [-0.25, -0.2) is 0 Å². The lowest BCUT2D eigenvalue weighted by Crippen LogP contribution is -2.38. The van der Waals surface area contributed by atoms with Crippen molar-refractivity contribution in [1.29, 1.82) is 0 Å². The van der Waals surface area contributed by atoms with Gasteiger partial charge in [-0.3, -0.25) is 9.59 Å². The van der Waals surface area contributed by atoms with Gasteiger partial charge in [0.2, 0.25) is 5.91 Å². The summed E-state index contributed by atoms with van der Waals surface area (Å²) in [4.78, 5) is 22.1. The molecule has 1 saturated carbocycles. The van der Waals surface area contributed by atoms with Crippen LogP contribution in [0.1, 0.15) is 49.9 Å². The molecule has 0 aromatic heterocycles. The van der Waals surface area contributed by atoms with Gasteiger partial charge in [0.05, 0.1) is 11.7 Å². The third-order valence-electron chi connectivity index (χ3n) is 4.20. The van der Waals surface area contributed by atoms with Gasteiger partial charge in [0.1, 0.15) is 5.75 Å². The molecule has 0 bridgehead atoms. The maximum Gasteiger partial charge on any atom is 0.217 e. The van der Waals surface area contributed by atoms with Gasteiger partial charge >= 0.3 is 0 Å². The second-order valence-electron chi connectivity index (χ2n) is 5.79. The second-order valence-corrected chi connectivity index (χ2v) is 5.79. The molecule has 114 valence electrons. The Kier molecular flexibility index (Phi) is 5.37. The molecular weight excluding hydrogens is 266 g/mol. The summed E-state index contributed by atoms with van der Waals surface area (Å²) in [5.74, 6) is 1.17. The lowest BCUT2D eigenvalue weighted by molar-refractivity contribution is -0.119. The van der Waals surface area contributed by atoms with E-state index in [-0.39, 0.29) is 12.0 Å². The standard InChI is InChI=1S/C17H23NO3/c1-12(21-17-6-4-3-5-15(17)11-19)14-7-9-16(10-8-14)18-13(2)20/h3-6,11-12,14,16H,7-10H2,1-2H3,(H,18,20). The van der Waals surface area contributed by atoms with Crippen molar-refractivity contribution in [3.63, 3.8) is 0 Å². The first kappa shape index (κ1) is 15.5. The monoisotopic (exact) mass is 289 g/mol. The van der Waals surface area contributed by atoms with E-state index < -0.39 is 0 Å². The number of carbonyl (C=O) groups excluding carboxylic acids is 2. The molecule has 1 amide bonds. The van der Waals surface area contributed by atoms with E-state index in [0.717, 1.165) is 32.0 Å². The summed E-state index contributed by atoms with van der Waals surface area (Å²) in [6, 6.07) is 7.61. The van der Waals surface area contributed by atoms with Gasteiger partial charge in [0.15, 0.2) is 6.29 Å². The van der Waals surface area contributed by atoms with Crippen molar-refractivity contribution in [3.8, 4) is 5.75 Å². The fraction of sp³-hybridized carbons (Fsp3) is 0.529. The molecule has 1 atom stereocenters. The van der Waals surface area contributed by atoms with Crippen molar-refractivity contribution in [2.24, 2.45) is 5.92 Å². The molecule has 0 heterocycles. The summed E-state index contributed by atoms with van der Waals surface area (Å²) in [5, 5.41) is 2.98. The molecule has 1 N–H and O–H groups in total. The minimum Gasteiger partial charge on any atom is -0.490 e. The highest BCUT2D eigenvalue weighted by Gasteiger charge is 2.27. The van der Waals surface area contributed by atoms with E-state index in [2.05, 4.69) is 12.2 Å². The van der Waals surface area contributed by atoms with Crippen molar-refractivity contribution in [2.75, 3.05) is 0 Å². The van der Waals surface area contributed by atoms with Gasteiger partial charge in [0.25, 0.3) is 0 Å². The SMILES string of the molecule is CC(=O)NC1CCC(C(C)Oc2ccccc2C=O)CC1. The Morgan fingerprint density at radius 1 is 1.29 bits per heavy atom. The first-order valence-corrected chi connectivity index (χ1v) is 7.58. The molecule has 1 unspecified atom stereocenters. The Balaban J connectivity index is 1.88. The lowest BCUT2D eigenvalue weighted by Gasteiger charge is -2.32. The molecule has 0 aliphatic heterocycles. The van der Waals surface area contributed by atoms with Gasteiger partial charge in [-0.05, 0) is 50.7 Å². The van der Waals surface area contributed by atoms with E-state index in [1.807, 2.05) is 18.2 Å². The third kappa shape index (κ3) is 4.31. The highest BCUT2D eigenvalue weighted by atomic mass is 16.5. The van der Waals surface area contributed by atoms with E-state index in [1.165, 1.54) is 0 Å². The highest BCUT2D eigenvalue weighted by molar-refractivity contribution is 5.79. The van der Waals surface area contributed by atoms with Gasteiger partial charge in [-0.15, -0.1) is 0 Å². The molecule has 0 saturated heterocycles. The van der Waals surface area contributed by atoms with Crippen molar-refractivity contribution >= 4 is 12.2 Å². The molecule has 1 aromatic carbocycles. The molecular formula is C17H23NO3. The molecule has 0 spiro atoms. The topological polar surface area (TPSA) is 55.4 Å². The third-order valence-corrected chi connectivity index (χ3v) is 4.20. The number of carbonyl (C=O) groups is 2. The van der Waals surface area contributed by atoms with Crippen LogP contribution in [0.2, 0.25) is 0 Å². The predicted octanol–water partition coefficient (Wildman–Crippen LogP) is 2.96. The van der Waals surface area contributed by atoms with Crippen LogP contribution >= 0.6 is 0 Å². The zero-order valence-electron chi connectivity index (χ0n) is 12.7. The van der Waals surface area contributed by atoms with Crippen molar-refractivity contribution < 1.29 is 14.3 Å². The number of rotatable bonds is 5. The number of hydrogen-bond acceptors (Lipinski definition) is 3. The Bertz CT molecular complexity index is 493. The number of nitrogens with one attached hydrogen (secondary N) is 1. The molecule has 0 radical (unpaired) electrons. The Morgan fingerprint density at radius 2 is 1.95 bits per heavy atom. The Hall–Kier alpha value is -1.84. The number of ether oxygens (including phenoxy) is 1. The van der Waals surface area contributed by atoms with Gasteiger partial charge in [0, 0.05) is 13.0 Å². The molecule has 1 aliphatic carbocycles. The van der Waals surface area contributed by atoms with Gasteiger partial charge < -0.3 is 10.1 Å². The molecule has 1 fully saturated rings. The molecule has 4 nitrogen and oxygen atoms in total. The van der Waals surface area contributed by atoms with Crippen LogP contribution in [0.3, 0.4) is 0 Å². The smallest absolute Gasteiger partial charge is 0.217 e. The van der Waals surface area contributed by atoms with E-state index >= 15 is 0 Å². The van der Waals surface area contributed by atoms with Crippen LogP contribution in [-0.2, 0) is 4.79 Å². The van der Waals surface area contributed by atoms with Crippen LogP contribution in [0.5, 0.6) is 5.75 Å². The summed E-state index contributed by atoms with van der Waals surface area (Å²) in [6.07, 6.45) is 4.96. The quantitative estimate of drug-likeness (QED) is 0.848. The summed E-state index contributed by atoms with van der Waals surface area (Å²) in [6.45, 7) is 3.62. The summed E-state index contributed by atoms with van der Waals surface area (Å²) in [5.41, 5.74) is 0.594. The Morgan fingerprint density at radius 3 is 2.57 bits per heavy atom. The minimum absolute atomic E-state index is 0.0441. The molecule has 1 aliphatic rings. The number of amides is 1. The zero-order valence-corrected chi connectivity index (χ0v) is 12.7. The molecule has 4 heteroatoms. The molecule has 2 rings (SSSR count). The van der Waals surface area contributed by atoms with E-state index in [1.54, 1.807) is 13.0 Å². The van der Waals surface area contributed by atoms with Gasteiger partial charge in [-0.2, -0.15) is 0 Å². The summed E-state index contributed by atoms with van der Waals surface area (Å²) in [7, 11) is 0. The van der Waals surface area contributed by atoms with Crippen LogP contribution in [0.15, 0.2) is 24.3 Å². The number of aldehydes is 1. The maximum absolute atomic E-state index is 11.1. The maximum atomic E-state index is 11.1. The van der Waals surface area contributed by atoms with Crippen molar-refractivity contribution in [3.05, 3.63) is 29.8 Å². The highest BCUT2D eigenvalue weighted by Crippen LogP contribution is 2.30. The van der Waals surface area contributed by atoms with Crippen LogP contribution in [-0.4, -0.2) is 24.3 Å². The lowest BCUT2D eigenvalue weighted by atomic mass is 9.83. The Labute approximate surface area is 125 Å². The van der Waals surface area contributed by atoms with E-state index in [0.29, 0.717) is 23.3 Å². The first-order valence-electron chi connectivity index (χ1n) is 7.58. The summed E-state index contributed by atoms with van der Waals surface area (Å²) < 4.78 is 5.97. The predicted molar refractivity (Wildman–Crippen MR) is 81.5 cm³/mol. The average Bonchev–Trinajstić information content (AvgIpc) is 2.48. The van der Waals surface area contributed by atoms with Crippen molar-refractivity contribution in [1.82, 2.24) is 5.32 Å². The zero-order chi connectivity index (χ0) is 15.2. The number of hydrogen-bond donors (Lipinski definition) is 1. The van der Waals surface area contributed by atoms with Gasteiger partial charge in [-0.1, -0.05) is 12.1 Å². The fourth-order valence-electron chi connectivity index (χ4n) is 3.00. The number of benzene rings is 1. The molecule has 1 aromatic rings. The second kappa shape index (κ2) is 7.25. The van der Waals surface area contributed by atoms with Crippen LogP contribution in [0, 0.1) is 5.92 Å². The average molecular weight is 289 g/mol. The van der Waals surface area contributed by atoms with E-state index in [4.69, 9.17) is 4.74 Å². The normalized spacial score (nSPS) is 23.1. The molecule has 21 heavy (non-hydrogen) atoms. The minimum atomic E-state index is 0.0441. The van der Waals surface area contributed by atoms with E-state index in [9.17, 15) is 9.59 Å². The fourth-order valence-corrected chi connectivity index (χ4v) is 3.00. The van der Waals surface area contributed by atoms with Crippen molar-refractivity contribution in [2.45, 2.75) is 51.7 Å². The van der Waals surface area contributed by atoms with Crippen LogP contribution in [0.4, 0.5) is 0 Å².